The van der Waals surface area contributed by atoms with E-state index in [1.165, 1.54) is 11.1 Å². The highest BCUT2D eigenvalue weighted by molar-refractivity contribution is 7.09. The van der Waals surface area contributed by atoms with Gasteiger partial charge >= 0.3 is 0 Å². The monoisotopic (exact) mass is 312 g/mol. The molecule has 2 heterocycles. The average Bonchev–Trinajstić information content (AvgIpc) is 3.14. The molecule has 0 radical (unpaired) electrons. The molecule has 0 N–H and O–H groups in total. The molecule has 4 heteroatoms. The molecule has 1 saturated heterocycles. The van der Waals surface area contributed by atoms with E-state index in [1.54, 1.807) is 17.4 Å². The summed E-state index contributed by atoms with van der Waals surface area (Å²) >= 11 is 1.60. The largest absolute Gasteiger partial charge is 0.332 e. The lowest BCUT2D eigenvalue weighted by atomic mass is 10.0. The number of thiazole rings is 1. The van der Waals surface area contributed by atoms with Crippen molar-refractivity contribution in [1.82, 2.24) is 9.88 Å². The number of carbonyl (C=O) groups is 1. The van der Waals surface area contributed by atoms with Crippen molar-refractivity contribution in [2.45, 2.75) is 32.7 Å². The van der Waals surface area contributed by atoms with Crippen molar-refractivity contribution >= 4 is 23.3 Å². The molecule has 2 aromatic rings. The van der Waals surface area contributed by atoms with Gasteiger partial charge in [-0.3, -0.25) is 4.79 Å². The molecule has 1 fully saturated rings. The lowest BCUT2D eigenvalue weighted by molar-refractivity contribution is -0.126. The summed E-state index contributed by atoms with van der Waals surface area (Å²) in [6, 6.07) is 8.71. The third kappa shape index (κ3) is 3.28. The van der Waals surface area contributed by atoms with Crippen LogP contribution in [0.5, 0.6) is 0 Å². The number of benzene rings is 1. The molecular formula is C18H20N2OS. The van der Waals surface area contributed by atoms with E-state index in [2.05, 4.69) is 36.2 Å². The van der Waals surface area contributed by atoms with Gasteiger partial charge in [-0.25, -0.2) is 4.98 Å². The first kappa shape index (κ1) is 15.0. The van der Waals surface area contributed by atoms with E-state index in [9.17, 15) is 4.79 Å². The number of likely N-dealkylation sites (tertiary alicyclic amines) is 1. The molecule has 114 valence electrons. The zero-order valence-corrected chi connectivity index (χ0v) is 13.8. The minimum Gasteiger partial charge on any atom is -0.332 e. The van der Waals surface area contributed by atoms with Crippen molar-refractivity contribution in [2.75, 3.05) is 6.54 Å². The summed E-state index contributed by atoms with van der Waals surface area (Å²) in [7, 11) is 0. The van der Waals surface area contributed by atoms with Crippen LogP contribution in [-0.2, 0) is 4.79 Å². The van der Waals surface area contributed by atoms with Gasteiger partial charge in [-0.15, -0.1) is 11.3 Å². The second kappa shape index (κ2) is 6.44. The van der Waals surface area contributed by atoms with E-state index in [-0.39, 0.29) is 11.9 Å². The van der Waals surface area contributed by atoms with Crippen LogP contribution in [0.4, 0.5) is 0 Å². The van der Waals surface area contributed by atoms with Gasteiger partial charge in [0.15, 0.2) is 0 Å². The summed E-state index contributed by atoms with van der Waals surface area (Å²) in [6.07, 6.45) is 5.57. The SMILES string of the molecule is Cc1ccc(C2CCCN2C(=O)/C=C/c2csc(C)n2)cc1. The predicted octanol–water partition coefficient (Wildman–Crippen LogP) is 4.14. The molecule has 0 bridgehead atoms. The van der Waals surface area contributed by atoms with Gasteiger partial charge in [-0.1, -0.05) is 29.8 Å². The fourth-order valence-corrected chi connectivity index (χ4v) is 3.46. The molecule has 1 atom stereocenters. The fraction of sp³-hybridized carbons (Fsp3) is 0.333. The molecule has 1 aromatic heterocycles. The summed E-state index contributed by atoms with van der Waals surface area (Å²) in [4.78, 5) is 18.8. The molecule has 1 aromatic carbocycles. The predicted molar refractivity (Wildman–Crippen MR) is 90.8 cm³/mol. The minimum absolute atomic E-state index is 0.0775. The van der Waals surface area contributed by atoms with Crippen LogP contribution in [0.25, 0.3) is 6.08 Å². The Labute approximate surface area is 135 Å². The van der Waals surface area contributed by atoms with E-state index in [0.717, 1.165) is 30.1 Å². The van der Waals surface area contributed by atoms with Crippen molar-refractivity contribution in [1.29, 1.82) is 0 Å². The lowest BCUT2D eigenvalue weighted by Crippen LogP contribution is -2.28. The molecule has 3 nitrogen and oxygen atoms in total. The van der Waals surface area contributed by atoms with Crippen LogP contribution < -0.4 is 0 Å². The van der Waals surface area contributed by atoms with Crippen LogP contribution in [0.2, 0.25) is 0 Å². The van der Waals surface area contributed by atoms with E-state index >= 15 is 0 Å². The Morgan fingerprint density at radius 3 is 2.77 bits per heavy atom. The third-order valence-corrected chi connectivity index (χ3v) is 4.82. The number of amides is 1. The summed E-state index contributed by atoms with van der Waals surface area (Å²) in [5, 5.41) is 2.99. The molecule has 3 rings (SSSR count). The Morgan fingerprint density at radius 2 is 2.09 bits per heavy atom. The first-order valence-corrected chi connectivity index (χ1v) is 8.49. The van der Waals surface area contributed by atoms with E-state index < -0.39 is 0 Å². The van der Waals surface area contributed by atoms with Gasteiger partial charge in [0.25, 0.3) is 0 Å². The second-order valence-electron chi connectivity index (χ2n) is 5.73. The summed E-state index contributed by atoms with van der Waals surface area (Å²) in [6.45, 7) is 4.88. The maximum Gasteiger partial charge on any atom is 0.247 e. The Morgan fingerprint density at radius 1 is 1.32 bits per heavy atom. The van der Waals surface area contributed by atoms with Gasteiger partial charge < -0.3 is 4.90 Å². The molecule has 1 aliphatic heterocycles. The zero-order chi connectivity index (χ0) is 15.5. The van der Waals surface area contributed by atoms with Crippen LogP contribution in [0.3, 0.4) is 0 Å². The standard InChI is InChI=1S/C18H20N2OS/c1-13-5-7-15(8-6-13)17-4-3-11-20(17)18(21)10-9-16-12-22-14(2)19-16/h5-10,12,17H,3-4,11H2,1-2H3/b10-9+. The van der Waals surface area contributed by atoms with Gasteiger partial charge in [-0.2, -0.15) is 0 Å². The van der Waals surface area contributed by atoms with E-state index in [0.29, 0.717) is 0 Å². The molecule has 0 spiro atoms. The first-order chi connectivity index (χ1) is 10.6. The number of aryl methyl sites for hydroxylation is 2. The van der Waals surface area contributed by atoms with Gasteiger partial charge in [-0.05, 0) is 38.3 Å². The van der Waals surface area contributed by atoms with Crippen molar-refractivity contribution in [2.24, 2.45) is 0 Å². The Balaban J connectivity index is 1.73. The number of aromatic nitrogens is 1. The smallest absolute Gasteiger partial charge is 0.247 e. The number of nitrogens with zero attached hydrogens (tertiary/aromatic N) is 2. The van der Waals surface area contributed by atoms with E-state index in [4.69, 9.17) is 0 Å². The van der Waals surface area contributed by atoms with Crippen molar-refractivity contribution in [3.8, 4) is 0 Å². The van der Waals surface area contributed by atoms with Crippen LogP contribution in [0.15, 0.2) is 35.7 Å². The van der Waals surface area contributed by atoms with Crippen molar-refractivity contribution in [3.63, 3.8) is 0 Å². The van der Waals surface area contributed by atoms with Crippen molar-refractivity contribution < 1.29 is 4.79 Å². The normalized spacial score (nSPS) is 18.3. The Hall–Kier alpha value is -1.94. The number of carbonyl (C=O) groups excluding carboxylic acids is 1. The number of hydrogen-bond donors (Lipinski definition) is 0. The topological polar surface area (TPSA) is 33.2 Å². The van der Waals surface area contributed by atoms with Crippen LogP contribution >= 0.6 is 11.3 Å². The number of hydrogen-bond acceptors (Lipinski definition) is 3. The molecule has 1 amide bonds. The summed E-state index contributed by atoms with van der Waals surface area (Å²) in [5.41, 5.74) is 3.34. The second-order valence-corrected chi connectivity index (χ2v) is 6.79. The molecule has 0 aliphatic carbocycles. The zero-order valence-electron chi connectivity index (χ0n) is 13.0. The summed E-state index contributed by atoms with van der Waals surface area (Å²) in [5.74, 6) is 0.0775. The first-order valence-electron chi connectivity index (χ1n) is 7.61. The van der Waals surface area contributed by atoms with Crippen LogP contribution in [-0.4, -0.2) is 22.3 Å². The van der Waals surface area contributed by atoms with Gasteiger partial charge in [0.05, 0.1) is 16.7 Å². The quantitative estimate of drug-likeness (QED) is 0.798. The highest BCUT2D eigenvalue weighted by Gasteiger charge is 2.28. The Bertz CT molecular complexity index is 687. The van der Waals surface area contributed by atoms with E-state index in [1.807, 2.05) is 23.3 Å². The highest BCUT2D eigenvalue weighted by Crippen LogP contribution is 2.32. The molecule has 22 heavy (non-hydrogen) atoms. The molecule has 1 aliphatic rings. The maximum absolute atomic E-state index is 12.5. The maximum atomic E-state index is 12.5. The van der Waals surface area contributed by atoms with Gasteiger partial charge in [0, 0.05) is 18.0 Å². The summed E-state index contributed by atoms with van der Waals surface area (Å²) < 4.78 is 0. The van der Waals surface area contributed by atoms with Gasteiger partial charge in [0.2, 0.25) is 5.91 Å². The minimum atomic E-state index is 0.0775. The van der Waals surface area contributed by atoms with Crippen molar-refractivity contribution in [3.05, 3.63) is 57.6 Å². The lowest BCUT2D eigenvalue weighted by Gasteiger charge is -2.24. The molecule has 1 unspecified atom stereocenters. The fourth-order valence-electron chi connectivity index (χ4n) is 2.87. The third-order valence-electron chi connectivity index (χ3n) is 4.03. The number of rotatable bonds is 3. The highest BCUT2D eigenvalue weighted by atomic mass is 32.1. The molecular weight excluding hydrogens is 292 g/mol. The van der Waals surface area contributed by atoms with Crippen LogP contribution in [0.1, 0.15) is 40.7 Å². The van der Waals surface area contributed by atoms with Gasteiger partial charge in [0.1, 0.15) is 0 Å². The Kier molecular flexibility index (Phi) is 4.39. The van der Waals surface area contributed by atoms with Crippen LogP contribution in [0, 0.1) is 13.8 Å². The molecule has 0 saturated carbocycles. The average molecular weight is 312 g/mol.